The summed E-state index contributed by atoms with van der Waals surface area (Å²) in [4.78, 5) is 4.74. The first-order valence-electron chi connectivity index (χ1n) is 9.99. The van der Waals surface area contributed by atoms with Gasteiger partial charge in [0.1, 0.15) is 0 Å². The minimum absolute atomic E-state index is 0. The van der Waals surface area contributed by atoms with Crippen LogP contribution in [-0.4, -0.2) is 53.8 Å². The number of guanidine groups is 1. The first-order chi connectivity index (χ1) is 13.7. The molecule has 1 aliphatic rings. The minimum atomic E-state index is -0.00534. The maximum atomic E-state index is 9.40. The normalized spacial score (nSPS) is 19.0. The van der Waals surface area contributed by atoms with Crippen molar-refractivity contribution in [1.82, 2.24) is 20.4 Å². The van der Waals surface area contributed by atoms with E-state index in [4.69, 9.17) is 9.73 Å². The van der Waals surface area contributed by atoms with Gasteiger partial charge in [0, 0.05) is 44.1 Å². The lowest BCUT2D eigenvalue weighted by Crippen LogP contribution is -2.44. The SMILES string of the molecule is CCNC(=NCc1cccc(Cn2cccn2)c1)NCC1(CCO)CCOC1.I. The maximum absolute atomic E-state index is 9.40. The molecule has 0 radical (unpaired) electrons. The second-order valence-corrected chi connectivity index (χ2v) is 7.35. The van der Waals surface area contributed by atoms with Crippen LogP contribution in [0.4, 0.5) is 0 Å². The Hall–Kier alpha value is -1.65. The molecule has 29 heavy (non-hydrogen) atoms. The lowest BCUT2D eigenvalue weighted by Gasteiger charge is -2.27. The minimum Gasteiger partial charge on any atom is -0.396 e. The summed E-state index contributed by atoms with van der Waals surface area (Å²) in [5, 5.41) is 20.4. The molecule has 8 heteroatoms. The van der Waals surface area contributed by atoms with Crippen LogP contribution in [0.15, 0.2) is 47.7 Å². The molecule has 1 unspecified atom stereocenters. The van der Waals surface area contributed by atoms with Gasteiger partial charge in [-0.05, 0) is 37.0 Å². The maximum Gasteiger partial charge on any atom is 0.191 e. The highest BCUT2D eigenvalue weighted by Crippen LogP contribution is 2.31. The summed E-state index contributed by atoms with van der Waals surface area (Å²) in [7, 11) is 0. The van der Waals surface area contributed by atoms with E-state index in [-0.39, 0.29) is 36.0 Å². The molecular formula is C21H32IN5O2. The molecule has 1 aromatic heterocycles. The molecule has 0 amide bonds. The van der Waals surface area contributed by atoms with Crippen LogP contribution in [-0.2, 0) is 17.8 Å². The van der Waals surface area contributed by atoms with Crippen molar-refractivity contribution in [3.63, 3.8) is 0 Å². The van der Waals surface area contributed by atoms with Crippen molar-refractivity contribution < 1.29 is 9.84 Å². The van der Waals surface area contributed by atoms with Gasteiger partial charge in [-0.2, -0.15) is 5.10 Å². The Labute approximate surface area is 190 Å². The smallest absolute Gasteiger partial charge is 0.191 e. The molecule has 0 spiro atoms. The monoisotopic (exact) mass is 513 g/mol. The van der Waals surface area contributed by atoms with E-state index in [9.17, 15) is 5.11 Å². The molecule has 2 aromatic rings. The van der Waals surface area contributed by atoms with Crippen LogP contribution in [0.1, 0.15) is 30.9 Å². The number of aromatic nitrogens is 2. The van der Waals surface area contributed by atoms with Gasteiger partial charge in [-0.15, -0.1) is 24.0 Å². The fraction of sp³-hybridized carbons (Fsp3) is 0.524. The van der Waals surface area contributed by atoms with Crippen LogP contribution < -0.4 is 10.6 Å². The third-order valence-corrected chi connectivity index (χ3v) is 5.12. The summed E-state index contributed by atoms with van der Waals surface area (Å²) in [5.74, 6) is 0.796. The van der Waals surface area contributed by atoms with Crippen molar-refractivity contribution in [2.24, 2.45) is 10.4 Å². The van der Waals surface area contributed by atoms with Crippen LogP contribution in [0.2, 0.25) is 0 Å². The second-order valence-electron chi connectivity index (χ2n) is 7.35. The second kappa shape index (κ2) is 12.1. The zero-order valence-electron chi connectivity index (χ0n) is 17.0. The molecule has 0 aliphatic carbocycles. The Balaban J connectivity index is 0.00000300. The van der Waals surface area contributed by atoms with E-state index in [1.807, 2.05) is 16.9 Å². The number of hydrogen-bond donors (Lipinski definition) is 3. The van der Waals surface area contributed by atoms with Crippen molar-refractivity contribution in [3.8, 4) is 0 Å². The molecule has 160 valence electrons. The van der Waals surface area contributed by atoms with E-state index in [0.717, 1.165) is 50.6 Å². The van der Waals surface area contributed by atoms with Crippen LogP contribution in [0.25, 0.3) is 0 Å². The van der Waals surface area contributed by atoms with Gasteiger partial charge in [-0.3, -0.25) is 4.68 Å². The third-order valence-electron chi connectivity index (χ3n) is 5.12. The van der Waals surface area contributed by atoms with Gasteiger partial charge < -0.3 is 20.5 Å². The number of aliphatic hydroxyl groups is 1. The zero-order chi connectivity index (χ0) is 19.7. The number of ether oxygens (including phenoxy) is 1. The number of nitrogens with zero attached hydrogens (tertiary/aromatic N) is 3. The van der Waals surface area contributed by atoms with Gasteiger partial charge in [-0.25, -0.2) is 4.99 Å². The predicted octanol–water partition coefficient (Wildman–Crippen LogP) is 2.39. The summed E-state index contributed by atoms with van der Waals surface area (Å²) >= 11 is 0. The van der Waals surface area contributed by atoms with E-state index >= 15 is 0 Å². The Morgan fingerprint density at radius 1 is 1.31 bits per heavy atom. The van der Waals surface area contributed by atoms with Crippen molar-refractivity contribution in [2.75, 3.05) is 32.9 Å². The Morgan fingerprint density at radius 2 is 2.17 bits per heavy atom. The highest BCUT2D eigenvalue weighted by molar-refractivity contribution is 14.0. The predicted molar refractivity (Wildman–Crippen MR) is 126 cm³/mol. The summed E-state index contributed by atoms with van der Waals surface area (Å²) in [6.07, 6.45) is 5.47. The van der Waals surface area contributed by atoms with Crippen molar-refractivity contribution >= 4 is 29.9 Å². The van der Waals surface area contributed by atoms with Crippen LogP contribution in [0.3, 0.4) is 0 Å². The molecule has 0 bridgehead atoms. The summed E-state index contributed by atoms with van der Waals surface area (Å²) in [5.41, 5.74) is 2.37. The lowest BCUT2D eigenvalue weighted by atomic mass is 9.84. The molecule has 1 fully saturated rings. The third kappa shape index (κ3) is 7.27. The topological polar surface area (TPSA) is 83.7 Å². The van der Waals surface area contributed by atoms with E-state index in [1.165, 1.54) is 5.56 Å². The number of halogens is 1. The van der Waals surface area contributed by atoms with E-state index < -0.39 is 0 Å². The zero-order valence-corrected chi connectivity index (χ0v) is 19.3. The molecule has 3 rings (SSSR count). The van der Waals surface area contributed by atoms with Gasteiger partial charge in [0.2, 0.25) is 0 Å². The first kappa shape index (κ1) is 23.6. The molecule has 1 aromatic carbocycles. The van der Waals surface area contributed by atoms with Gasteiger partial charge in [0.05, 0.1) is 19.7 Å². The molecule has 1 aliphatic heterocycles. The van der Waals surface area contributed by atoms with Gasteiger partial charge >= 0.3 is 0 Å². The van der Waals surface area contributed by atoms with Crippen molar-refractivity contribution in [1.29, 1.82) is 0 Å². The van der Waals surface area contributed by atoms with Gasteiger partial charge in [0.15, 0.2) is 5.96 Å². The number of rotatable bonds is 9. The molecule has 0 saturated carbocycles. The number of hydrogen-bond acceptors (Lipinski definition) is 4. The quantitative estimate of drug-likeness (QED) is 0.273. The summed E-state index contributed by atoms with van der Waals surface area (Å²) in [6.45, 7) is 6.60. The molecule has 1 atom stereocenters. The van der Waals surface area contributed by atoms with E-state index in [0.29, 0.717) is 13.2 Å². The molecule has 3 N–H and O–H groups in total. The Morgan fingerprint density at radius 3 is 2.86 bits per heavy atom. The van der Waals surface area contributed by atoms with Crippen molar-refractivity contribution in [3.05, 3.63) is 53.9 Å². The number of aliphatic hydroxyl groups excluding tert-OH is 1. The number of benzene rings is 1. The van der Waals surface area contributed by atoms with Crippen LogP contribution >= 0.6 is 24.0 Å². The van der Waals surface area contributed by atoms with Gasteiger partial charge in [0.25, 0.3) is 0 Å². The average molecular weight is 513 g/mol. The number of nitrogens with one attached hydrogen (secondary N) is 2. The lowest BCUT2D eigenvalue weighted by molar-refractivity contribution is 0.127. The fourth-order valence-electron chi connectivity index (χ4n) is 3.50. The summed E-state index contributed by atoms with van der Waals surface area (Å²) < 4.78 is 7.49. The summed E-state index contributed by atoms with van der Waals surface area (Å²) in [6, 6.07) is 10.4. The van der Waals surface area contributed by atoms with Gasteiger partial charge in [-0.1, -0.05) is 24.3 Å². The molecule has 7 nitrogen and oxygen atoms in total. The highest BCUT2D eigenvalue weighted by atomic mass is 127. The standard InChI is InChI=1S/C21H31N5O2.HI/c1-2-22-20(24-16-21(7-11-27)8-12-28-17-21)23-14-18-5-3-6-19(13-18)15-26-10-4-9-25-26;/h3-6,9-10,13,27H,2,7-8,11-12,14-17H2,1H3,(H2,22,23,24);1H. The molecule has 2 heterocycles. The Bertz CT molecular complexity index is 745. The van der Waals surface area contributed by atoms with Crippen LogP contribution in [0, 0.1) is 5.41 Å². The Kier molecular flexibility index (Phi) is 9.89. The molecule has 1 saturated heterocycles. The van der Waals surface area contributed by atoms with E-state index in [2.05, 4.69) is 46.9 Å². The fourth-order valence-corrected chi connectivity index (χ4v) is 3.50. The number of aliphatic imine (C=N–C) groups is 1. The van der Waals surface area contributed by atoms with Crippen molar-refractivity contribution in [2.45, 2.75) is 32.9 Å². The van der Waals surface area contributed by atoms with E-state index in [1.54, 1.807) is 6.20 Å². The highest BCUT2D eigenvalue weighted by Gasteiger charge is 2.34. The van der Waals surface area contributed by atoms with Crippen LogP contribution in [0.5, 0.6) is 0 Å². The molecular weight excluding hydrogens is 481 g/mol. The largest absolute Gasteiger partial charge is 0.396 e. The average Bonchev–Trinajstić information content (AvgIpc) is 3.37. The first-order valence-corrected chi connectivity index (χ1v) is 9.99.